The first kappa shape index (κ1) is 16.4. The minimum absolute atomic E-state index is 0.219. The molecule has 2 rings (SSSR count). The number of hydrogen-bond acceptors (Lipinski definition) is 6. The van der Waals surface area contributed by atoms with Crippen LogP contribution in [-0.2, 0) is 5.60 Å². The van der Waals surface area contributed by atoms with Crippen LogP contribution in [0.15, 0.2) is 34.9 Å². The lowest BCUT2D eigenvalue weighted by atomic mass is 10.0. The second kappa shape index (κ2) is 6.05. The van der Waals surface area contributed by atoms with Crippen molar-refractivity contribution < 1.29 is 23.6 Å². The smallest absolute Gasteiger partial charge is 0.295 e. The number of nitrogen functional groups attached to an aromatic ring is 1. The van der Waals surface area contributed by atoms with E-state index in [9.17, 15) is 24.4 Å². The maximum atomic E-state index is 13.4. The van der Waals surface area contributed by atoms with Gasteiger partial charge in [-0.3, -0.25) is 14.9 Å². The number of nitrogens with zero attached hydrogens (tertiary/aromatic N) is 1. The third kappa shape index (κ3) is 3.46. The number of furan rings is 1. The molecule has 9 heteroatoms. The van der Waals surface area contributed by atoms with Crippen LogP contribution in [-0.4, -0.2) is 22.5 Å². The summed E-state index contributed by atoms with van der Waals surface area (Å²) in [4.78, 5) is 22.0. The van der Waals surface area contributed by atoms with E-state index >= 15 is 0 Å². The lowest BCUT2D eigenvalue weighted by Crippen LogP contribution is -2.38. The molecule has 0 aliphatic heterocycles. The van der Waals surface area contributed by atoms with Crippen LogP contribution in [0.3, 0.4) is 0 Å². The van der Waals surface area contributed by atoms with Crippen LogP contribution >= 0.6 is 0 Å². The molecule has 0 radical (unpaired) electrons. The lowest BCUT2D eigenvalue weighted by molar-refractivity contribution is -0.384. The molecule has 1 aromatic heterocycles. The summed E-state index contributed by atoms with van der Waals surface area (Å²) < 4.78 is 18.5. The summed E-state index contributed by atoms with van der Waals surface area (Å²) >= 11 is 0. The molecule has 4 N–H and O–H groups in total. The highest BCUT2D eigenvalue weighted by Gasteiger charge is 2.28. The summed E-state index contributed by atoms with van der Waals surface area (Å²) in [6, 6.07) is 4.51. The van der Waals surface area contributed by atoms with Gasteiger partial charge in [-0.15, -0.1) is 0 Å². The average molecular weight is 323 g/mol. The molecule has 23 heavy (non-hydrogen) atoms. The van der Waals surface area contributed by atoms with Crippen molar-refractivity contribution in [2.24, 2.45) is 0 Å². The molecular weight excluding hydrogens is 309 g/mol. The second-order valence-corrected chi connectivity index (χ2v) is 5.08. The molecule has 0 aliphatic rings. The van der Waals surface area contributed by atoms with Crippen LogP contribution < -0.4 is 11.1 Å². The summed E-state index contributed by atoms with van der Waals surface area (Å²) in [6.07, 6.45) is 1.36. The Morgan fingerprint density at radius 3 is 2.83 bits per heavy atom. The average Bonchev–Trinajstić information content (AvgIpc) is 3.01. The molecule has 0 saturated carbocycles. The number of nitrogens with two attached hydrogens (primary N) is 1. The summed E-state index contributed by atoms with van der Waals surface area (Å²) in [5.74, 6) is -1.60. The first-order valence-electron chi connectivity index (χ1n) is 6.50. The molecule has 0 aliphatic carbocycles. The molecule has 0 saturated heterocycles. The van der Waals surface area contributed by atoms with Gasteiger partial charge >= 0.3 is 0 Å². The van der Waals surface area contributed by atoms with Crippen LogP contribution in [0.4, 0.5) is 15.8 Å². The number of nitro groups is 1. The predicted molar refractivity (Wildman–Crippen MR) is 78.1 cm³/mol. The molecule has 8 nitrogen and oxygen atoms in total. The van der Waals surface area contributed by atoms with Gasteiger partial charge in [-0.1, -0.05) is 0 Å². The number of amides is 1. The van der Waals surface area contributed by atoms with E-state index in [4.69, 9.17) is 10.2 Å². The van der Waals surface area contributed by atoms with E-state index in [1.54, 1.807) is 6.07 Å². The number of nitro benzene ring substituents is 1. The first-order valence-corrected chi connectivity index (χ1v) is 6.50. The Morgan fingerprint density at radius 2 is 2.26 bits per heavy atom. The number of carbonyl (C=O) groups excluding carboxylic acids is 1. The highest BCUT2D eigenvalue weighted by Crippen LogP contribution is 2.27. The number of halogens is 1. The third-order valence-corrected chi connectivity index (χ3v) is 3.21. The monoisotopic (exact) mass is 323 g/mol. The molecule has 0 bridgehead atoms. The van der Waals surface area contributed by atoms with Crippen molar-refractivity contribution in [2.45, 2.75) is 12.5 Å². The van der Waals surface area contributed by atoms with E-state index in [1.165, 1.54) is 19.3 Å². The molecule has 0 spiro atoms. The SMILES string of the molecule is CC(O)(CNC(=O)c1cc(F)cc([N+](=O)[O-])c1N)c1ccco1. The van der Waals surface area contributed by atoms with Crippen molar-refractivity contribution in [1.29, 1.82) is 0 Å². The predicted octanol–water partition coefficient (Wildman–Crippen LogP) is 1.55. The first-order chi connectivity index (χ1) is 10.7. The maximum absolute atomic E-state index is 13.4. The number of hydrogen-bond donors (Lipinski definition) is 3. The minimum Gasteiger partial charge on any atom is -0.466 e. The van der Waals surface area contributed by atoms with Gasteiger partial charge in [0.15, 0.2) is 0 Å². The summed E-state index contributed by atoms with van der Waals surface area (Å²) in [7, 11) is 0. The van der Waals surface area contributed by atoms with E-state index < -0.39 is 33.6 Å². The lowest BCUT2D eigenvalue weighted by Gasteiger charge is -2.21. The highest BCUT2D eigenvalue weighted by molar-refractivity contribution is 6.01. The minimum atomic E-state index is -1.51. The number of nitrogens with one attached hydrogen (secondary N) is 1. The van der Waals surface area contributed by atoms with Gasteiger partial charge in [-0.2, -0.15) is 0 Å². The fraction of sp³-hybridized carbons (Fsp3) is 0.214. The Kier molecular flexibility index (Phi) is 4.32. The Labute approximate surface area is 129 Å². The maximum Gasteiger partial charge on any atom is 0.295 e. The van der Waals surface area contributed by atoms with Crippen LogP contribution in [0.5, 0.6) is 0 Å². The van der Waals surface area contributed by atoms with Crippen molar-refractivity contribution >= 4 is 17.3 Å². The normalized spacial score (nSPS) is 13.3. The largest absolute Gasteiger partial charge is 0.466 e. The van der Waals surface area contributed by atoms with Crippen molar-refractivity contribution in [3.05, 3.63) is 57.8 Å². The third-order valence-electron chi connectivity index (χ3n) is 3.21. The van der Waals surface area contributed by atoms with Gasteiger partial charge in [0.05, 0.1) is 29.4 Å². The summed E-state index contributed by atoms with van der Waals surface area (Å²) in [6.45, 7) is 1.15. The summed E-state index contributed by atoms with van der Waals surface area (Å²) in [5.41, 5.74) is 2.50. The molecule has 1 unspecified atom stereocenters. The zero-order valence-electron chi connectivity index (χ0n) is 12.1. The van der Waals surface area contributed by atoms with Gasteiger partial charge in [-0.05, 0) is 25.1 Å². The van der Waals surface area contributed by atoms with Crippen LogP contribution in [0, 0.1) is 15.9 Å². The number of anilines is 1. The quantitative estimate of drug-likeness (QED) is 0.434. The van der Waals surface area contributed by atoms with Gasteiger partial charge in [0.25, 0.3) is 11.6 Å². The van der Waals surface area contributed by atoms with E-state index in [0.29, 0.717) is 6.07 Å². The standard InChI is InChI=1S/C14H14FN3O5/c1-14(20,11-3-2-4-23-11)7-17-13(19)9-5-8(15)6-10(12(9)16)18(21)22/h2-6,20H,7,16H2,1H3,(H,17,19). The van der Waals surface area contributed by atoms with Gasteiger partial charge < -0.3 is 20.6 Å². The van der Waals surface area contributed by atoms with Crippen molar-refractivity contribution in [1.82, 2.24) is 5.32 Å². The van der Waals surface area contributed by atoms with Gasteiger partial charge in [0.2, 0.25) is 0 Å². The molecule has 1 atom stereocenters. The van der Waals surface area contributed by atoms with Crippen molar-refractivity contribution in [3.63, 3.8) is 0 Å². The molecule has 0 fully saturated rings. The molecule has 1 heterocycles. The molecule has 122 valence electrons. The summed E-state index contributed by atoms with van der Waals surface area (Å²) in [5, 5.41) is 23.4. The van der Waals surface area contributed by atoms with E-state index in [0.717, 1.165) is 6.07 Å². The number of aliphatic hydroxyl groups is 1. The highest BCUT2D eigenvalue weighted by atomic mass is 19.1. The van der Waals surface area contributed by atoms with Crippen LogP contribution in [0.1, 0.15) is 23.0 Å². The Balaban J connectivity index is 2.20. The van der Waals surface area contributed by atoms with Gasteiger partial charge in [0.1, 0.15) is 22.9 Å². The zero-order valence-corrected chi connectivity index (χ0v) is 12.1. The van der Waals surface area contributed by atoms with Gasteiger partial charge in [-0.25, -0.2) is 4.39 Å². The van der Waals surface area contributed by atoms with E-state index in [-0.39, 0.29) is 17.9 Å². The number of carbonyl (C=O) groups is 1. The topological polar surface area (TPSA) is 132 Å². The fourth-order valence-corrected chi connectivity index (χ4v) is 1.96. The Hall–Kier alpha value is -2.94. The Bertz CT molecular complexity index is 743. The van der Waals surface area contributed by atoms with Crippen LogP contribution in [0.25, 0.3) is 0 Å². The van der Waals surface area contributed by atoms with Crippen LogP contribution in [0.2, 0.25) is 0 Å². The zero-order chi connectivity index (χ0) is 17.2. The van der Waals surface area contributed by atoms with Crippen molar-refractivity contribution in [2.75, 3.05) is 12.3 Å². The molecule has 1 aromatic carbocycles. The number of benzene rings is 1. The van der Waals surface area contributed by atoms with Crippen molar-refractivity contribution in [3.8, 4) is 0 Å². The molecular formula is C14H14FN3O5. The Morgan fingerprint density at radius 1 is 1.57 bits per heavy atom. The molecule has 2 aromatic rings. The second-order valence-electron chi connectivity index (χ2n) is 5.08. The van der Waals surface area contributed by atoms with E-state index in [1.807, 2.05) is 0 Å². The van der Waals surface area contributed by atoms with E-state index in [2.05, 4.69) is 5.32 Å². The van der Waals surface area contributed by atoms with Gasteiger partial charge in [0, 0.05) is 0 Å². The fourth-order valence-electron chi connectivity index (χ4n) is 1.96. The molecule has 1 amide bonds. The number of rotatable bonds is 5.